The van der Waals surface area contributed by atoms with E-state index >= 15 is 0 Å². The predicted molar refractivity (Wildman–Crippen MR) is 111 cm³/mol. The van der Waals surface area contributed by atoms with Crippen LogP contribution in [-0.2, 0) is 11.8 Å². The minimum absolute atomic E-state index is 0.150. The van der Waals surface area contributed by atoms with Gasteiger partial charge in [0.25, 0.3) is 0 Å². The molecule has 142 valence electrons. The summed E-state index contributed by atoms with van der Waals surface area (Å²) in [5.74, 6) is 0.0172. The lowest BCUT2D eigenvalue weighted by molar-refractivity contribution is -0.113. The first kappa shape index (κ1) is 18.8. The van der Waals surface area contributed by atoms with Gasteiger partial charge in [-0.15, -0.1) is 32.9 Å². The first-order valence-corrected chi connectivity index (χ1v) is 10.9. The fraction of sp³-hybridized carbons (Fsp3) is 0.111. The van der Waals surface area contributed by atoms with Crippen molar-refractivity contribution in [3.05, 3.63) is 53.0 Å². The van der Waals surface area contributed by atoms with E-state index in [-0.39, 0.29) is 17.5 Å². The van der Waals surface area contributed by atoms with Crippen LogP contribution in [0.5, 0.6) is 0 Å². The number of rotatable bonds is 6. The normalized spacial score (nSPS) is 10.9. The Labute approximate surface area is 172 Å². The zero-order valence-corrected chi connectivity index (χ0v) is 17.1. The maximum atomic E-state index is 14.0. The Morgan fingerprint density at radius 3 is 2.86 bits per heavy atom. The molecule has 0 aliphatic rings. The van der Waals surface area contributed by atoms with Crippen LogP contribution < -0.4 is 5.32 Å². The lowest BCUT2D eigenvalue weighted by Crippen LogP contribution is -2.14. The molecule has 0 unspecified atom stereocenters. The standard InChI is InChI=1S/C18H14FN5OS3/c1-24-16(11-5-2-3-6-12(11)19)22-23-18(24)28-10-15(25)21-17-20-13(9-27-17)14-7-4-8-26-14/h2-9H,10H2,1H3,(H,20,21,25). The average Bonchev–Trinajstić information content (AvgIpc) is 3.42. The number of benzene rings is 1. The summed E-state index contributed by atoms with van der Waals surface area (Å²) >= 11 is 4.22. The van der Waals surface area contributed by atoms with E-state index < -0.39 is 0 Å². The molecule has 0 atom stereocenters. The first-order chi connectivity index (χ1) is 13.6. The Morgan fingerprint density at radius 2 is 2.07 bits per heavy atom. The van der Waals surface area contributed by atoms with Crippen molar-refractivity contribution < 1.29 is 9.18 Å². The van der Waals surface area contributed by atoms with Crippen LogP contribution in [0.25, 0.3) is 22.0 Å². The number of carbonyl (C=O) groups is 1. The zero-order valence-electron chi connectivity index (χ0n) is 14.6. The number of thiazole rings is 1. The van der Waals surface area contributed by atoms with Crippen molar-refractivity contribution in [3.8, 4) is 22.0 Å². The highest BCUT2D eigenvalue weighted by atomic mass is 32.2. The van der Waals surface area contributed by atoms with Crippen LogP contribution in [0.15, 0.2) is 52.3 Å². The molecule has 0 spiro atoms. The number of nitrogens with zero attached hydrogens (tertiary/aromatic N) is 4. The second kappa shape index (κ2) is 8.21. The molecule has 1 amide bonds. The van der Waals surface area contributed by atoms with E-state index in [9.17, 15) is 9.18 Å². The van der Waals surface area contributed by atoms with Crippen molar-refractivity contribution in [2.24, 2.45) is 7.05 Å². The maximum Gasteiger partial charge on any atom is 0.236 e. The molecule has 0 aliphatic heterocycles. The van der Waals surface area contributed by atoms with Gasteiger partial charge >= 0.3 is 0 Å². The van der Waals surface area contributed by atoms with Gasteiger partial charge in [0.15, 0.2) is 16.1 Å². The number of carbonyl (C=O) groups excluding carboxylic acids is 1. The SMILES string of the molecule is Cn1c(SCC(=O)Nc2nc(-c3cccs3)cs2)nnc1-c1ccccc1F. The highest BCUT2D eigenvalue weighted by Crippen LogP contribution is 2.29. The van der Waals surface area contributed by atoms with Crippen LogP contribution >= 0.6 is 34.4 Å². The summed E-state index contributed by atoms with van der Waals surface area (Å²) in [6.07, 6.45) is 0. The third kappa shape index (κ3) is 3.98. The fourth-order valence-corrected chi connectivity index (χ4v) is 4.67. The van der Waals surface area contributed by atoms with Gasteiger partial charge in [-0.2, -0.15) is 0 Å². The molecule has 0 saturated heterocycles. The van der Waals surface area contributed by atoms with E-state index in [0.29, 0.717) is 21.7 Å². The molecule has 3 aromatic heterocycles. The van der Waals surface area contributed by atoms with E-state index in [1.807, 2.05) is 22.9 Å². The molecule has 3 heterocycles. The smallest absolute Gasteiger partial charge is 0.236 e. The Morgan fingerprint density at radius 1 is 1.21 bits per heavy atom. The molecule has 1 N–H and O–H groups in total. The number of hydrogen-bond acceptors (Lipinski definition) is 7. The Hall–Kier alpha value is -2.56. The molecule has 4 rings (SSSR count). The second-order valence-corrected chi connectivity index (χ2v) is 8.45. The monoisotopic (exact) mass is 431 g/mol. The van der Waals surface area contributed by atoms with Gasteiger partial charge in [0.1, 0.15) is 5.82 Å². The Kier molecular flexibility index (Phi) is 5.51. The number of halogens is 1. The zero-order chi connectivity index (χ0) is 19.5. The van der Waals surface area contributed by atoms with Gasteiger partial charge in [-0.05, 0) is 23.6 Å². The van der Waals surface area contributed by atoms with Crippen LogP contribution in [-0.4, -0.2) is 31.4 Å². The van der Waals surface area contributed by atoms with Gasteiger partial charge < -0.3 is 9.88 Å². The highest BCUT2D eigenvalue weighted by Gasteiger charge is 2.16. The Bertz CT molecular complexity index is 1110. The van der Waals surface area contributed by atoms with Crippen molar-refractivity contribution in [2.45, 2.75) is 5.16 Å². The number of amides is 1. The number of aromatic nitrogens is 4. The molecule has 6 nitrogen and oxygen atoms in total. The first-order valence-electron chi connectivity index (χ1n) is 8.18. The molecule has 10 heteroatoms. The molecular weight excluding hydrogens is 417 g/mol. The van der Waals surface area contributed by atoms with Crippen molar-refractivity contribution in [1.29, 1.82) is 0 Å². The van der Waals surface area contributed by atoms with Crippen molar-refractivity contribution >= 4 is 45.5 Å². The Balaban J connectivity index is 1.39. The number of nitrogens with one attached hydrogen (secondary N) is 1. The molecular formula is C18H14FN5OS3. The quantitative estimate of drug-likeness (QED) is 0.454. The number of thiophene rings is 1. The van der Waals surface area contributed by atoms with Gasteiger partial charge in [-0.1, -0.05) is 30.0 Å². The maximum absolute atomic E-state index is 14.0. The topological polar surface area (TPSA) is 72.7 Å². The number of hydrogen-bond donors (Lipinski definition) is 1. The number of thioether (sulfide) groups is 1. The van der Waals surface area contributed by atoms with Crippen LogP contribution in [0.4, 0.5) is 9.52 Å². The summed E-state index contributed by atoms with van der Waals surface area (Å²) in [6.45, 7) is 0. The van der Waals surface area contributed by atoms with Crippen LogP contribution in [0, 0.1) is 5.82 Å². The minimum atomic E-state index is -0.363. The second-order valence-electron chi connectivity index (χ2n) is 5.70. The van der Waals surface area contributed by atoms with Crippen LogP contribution in [0.2, 0.25) is 0 Å². The van der Waals surface area contributed by atoms with Crippen molar-refractivity contribution in [3.63, 3.8) is 0 Å². The molecule has 4 aromatic rings. The van der Waals surface area contributed by atoms with E-state index in [4.69, 9.17) is 0 Å². The molecule has 0 aliphatic carbocycles. The summed E-state index contributed by atoms with van der Waals surface area (Å²) in [5, 5.41) is 15.9. The van der Waals surface area contributed by atoms with Crippen LogP contribution in [0.3, 0.4) is 0 Å². The molecule has 0 radical (unpaired) electrons. The van der Waals surface area contributed by atoms with Crippen molar-refractivity contribution in [2.75, 3.05) is 11.1 Å². The fourth-order valence-electron chi connectivity index (χ4n) is 2.47. The molecule has 0 saturated carbocycles. The van der Waals surface area contributed by atoms with E-state index in [0.717, 1.165) is 10.6 Å². The van der Waals surface area contributed by atoms with Gasteiger partial charge in [-0.3, -0.25) is 4.79 Å². The summed E-state index contributed by atoms with van der Waals surface area (Å²) in [6, 6.07) is 10.3. The third-order valence-corrected chi connectivity index (χ3v) is 6.48. The summed E-state index contributed by atoms with van der Waals surface area (Å²) in [7, 11) is 1.75. The lowest BCUT2D eigenvalue weighted by atomic mass is 10.2. The highest BCUT2D eigenvalue weighted by molar-refractivity contribution is 7.99. The summed E-state index contributed by atoms with van der Waals surface area (Å²) in [5.41, 5.74) is 1.23. The summed E-state index contributed by atoms with van der Waals surface area (Å²) in [4.78, 5) is 17.7. The van der Waals surface area contributed by atoms with Gasteiger partial charge in [0.05, 0.1) is 21.9 Å². The third-order valence-electron chi connectivity index (χ3n) is 3.81. The van der Waals surface area contributed by atoms with Gasteiger partial charge in [0, 0.05) is 12.4 Å². The minimum Gasteiger partial charge on any atom is -0.305 e. The van der Waals surface area contributed by atoms with E-state index in [1.165, 1.54) is 29.2 Å². The van der Waals surface area contributed by atoms with Gasteiger partial charge in [0.2, 0.25) is 5.91 Å². The molecule has 0 bridgehead atoms. The molecule has 1 aromatic carbocycles. The predicted octanol–water partition coefficient (Wildman–Crippen LogP) is 4.54. The van der Waals surface area contributed by atoms with E-state index in [1.54, 1.807) is 41.2 Å². The van der Waals surface area contributed by atoms with Crippen molar-refractivity contribution in [1.82, 2.24) is 19.7 Å². The van der Waals surface area contributed by atoms with Gasteiger partial charge in [-0.25, -0.2) is 9.37 Å². The molecule has 28 heavy (non-hydrogen) atoms. The lowest BCUT2D eigenvalue weighted by Gasteiger charge is -2.05. The van der Waals surface area contributed by atoms with E-state index in [2.05, 4.69) is 20.5 Å². The average molecular weight is 432 g/mol. The summed E-state index contributed by atoms with van der Waals surface area (Å²) < 4.78 is 15.6. The molecule has 0 fully saturated rings. The van der Waals surface area contributed by atoms with Crippen LogP contribution in [0.1, 0.15) is 0 Å². The number of anilines is 1. The largest absolute Gasteiger partial charge is 0.305 e.